The fourth-order valence-corrected chi connectivity index (χ4v) is 3.92. The Morgan fingerprint density at radius 3 is 2.50 bits per heavy atom. The number of nitrogens with zero attached hydrogens (tertiary/aromatic N) is 3. The van der Waals surface area contributed by atoms with Crippen LogP contribution in [-0.4, -0.2) is 52.1 Å². The lowest BCUT2D eigenvalue weighted by molar-refractivity contribution is -0.143. The number of halogens is 3. The van der Waals surface area contributed by atoms with E-state index in [1.165, 1.54) is 6.07 Å². The summed E-state index contributed by atoms with van der Waals surface area (Å²) in [5.74, 6) is -0.476. The second-order valence-corrected chi connectivity index (χ2v) is 7.46. The standard InChI is InChI=1S/C21H21F3N4O2/c1-13-2-4-17-15(10-13)16(12-25-17)19(20(29)30)28-8-6-27(7-9-28)18-5-3-14(11-26-18)21(22,23)24/h2-5,10-12,19,25H,6-9H2,1H3,(H,29,30)/t19-/m1/s1. The zero-order valence-corrected chi connectivity index (χ0v) is 16.3. The first-order valence-electron chi connectivity index (χ1n) is 9.57. The van der Waals surface area contributed by atoms with E-state index in [1.807, 2.05) is 34.9 Å². The van der Waals surface area contributed by atoms with Crippen molar-refractivity contribution in [3.63, 3.8) is 0 Å². The minimum atomic E-state index is -4.42. The molecule has 1 aromatic carbocycles. The lowest BCUT2D eigenvalue weighted by Crippen LogP contribution is -2.49. The van der Waals surface area contributed by atoms with Crippen LogP contribution < -0.4 is 4.90 Å². The van der Waals surface area contributed by atoms with Gasteiger partial charge in [-0.25, -0.2) is 4.98 Å². The number of hydrogen-bond acceptors (Lipinski definition) is 4. The van der Waals surface area contributed by atoms with Crippen LogP contribution in [0.15, 0.2) is 42.7 Å². The molecule has 0 spiro atoms. The lowest BCUT2D eigenvalue weighted by Gasteiger charge is -2.38. The Morgan fingerprint density at radius 2 is 1.90 bits per heavy atom. The molecule has 4 rings (SSSR count). The van der Waals surface area contributed by atoms with Gasteiger partial charge in [0.15, 0.2) is 0 Å². The molecule has 1 aliphatic heterocycles. The van der Waals surface area contributed by atoms with Gasteiger partial charge in [-0.05, 0) is 31.2 Å². The van der Waals surface area contributed by atoms with Crippen LogP contribution in [0.5, 0.6) is 0 Å². The van der Waals surface area contributed by atoms with Crippen molar-refractivity contribution < 1.29 is 23.1 Å². The molecule has 158 valence electrons. The van der Waals surface area contributed by atoms with Crippen LogP contribution in [0, 0.1) is 6.92 Å². The number of pyridine rings is 1. The van der Waals surface area contributed by atoms with Gasteiger partial charge in [-0.3, -0.25) is 9.69 Å². The molecule has 1 atom stereocenters. The molecule has 2 aromatic heterocycles. The topological polar surface area (TPSA) is 72.5 Å². The van der Waals surface area contributed by atoms with E-state index < -0.39 is 23.8 Å². The molecule has 0 amide bonds. The molecule has 1 saturated heterocycles. The molecule has 9 heteroatoms. The van der Waals surface area contributed by atoms with Crippen molar-refractivity contribution in [1.29, 1.82) is 0 Å². The third-order valence-electron chi connectivity index (χ3n) is 5.48. The van der Waals surface area contributed by atoms with Gasteiger partial charge in [0, 0.05) is 55.0 Å². The number of piperazine rings is 1. The summed E-state index contributed by atoms with van der Waals surface area (Å²) >= 11 is 0. The highest BCUT2D eigenvalue weighted by atomic mass is 19.4. The molecule has 3 aromatic rings. The highest BCUT2D eigenvalue weighted by Gasteiger charge is 2.33. The van der Waals surface area contributed by atoms with Crippen LogP contribution in [0.1, 0.15) is 22.7 Å². The molecular weight excluding hydrogens is 397 g/mol. The summed E-state index contributed by atoms with van der Waals surface area (Å²) in [4.78, 5) is 23.0. The number of aliphatic carboxylic acids is 1. The number of anilines is 1. The van der Waals surface area contributed by atoms with Crippen molar-refractivity contribution >= 4 is 22.7 Å². The molecular formula is C21H21F3N4O2. The Labute approximate surface area is 170 Å². The van der Waals surface area contributed by atoms with Crippen molar-refractivity contribution in [3.8, 4) is 0 Å². The first kappa shape index (κ1) is 20.2. The monoisotopic (exact) mass is 418 g/mol. The largest absolute Gasteiger partial charge is 0.480 e. The highest BCUT2D eigenvalue weighted by molar-refractivity contribution is 5.89. The van der Waals surface area contributed by atoms with Crippen molar-refractivity contribution in [3.05, 3.63) is 59.4 Å². The maximum absolute atomic E-state index is 12.7. The van der Waals surface area contributed by atoms with Crippen molar-refractivity contribution in [2.75, 3.05) is 31.1 Å². The predicted octanol–water partition coefficient (Wildman–Crippen LogP) is 3.84. The summed E-state index contributed by atoms with van der Waals surface area (Å²) in [5, 5.41) is 10.8. The molecule has 0 radical (unpaired) electrons. The number of hydrogen-bond donors (Lipinski definition) is 2. The quantitative estimate of drug-likeness (QED) is 0.674. The molecule has 3 heterocycles. The smallest absolute Gasteiger partial charge is 0.417 e. The van der Waals surface area contributed by atoms with Crippen molar-refractivity contribution in [2.24, 2.45) is 0 Å². The molecule has 0 saturated carbocycles. The Kier molecular flexibility index (Phi) is 5.15. The Morgan fingerprint density at radius 1 is 1.17 bits per heavy atom. The molecule has 1 fully saturated rings. The number of aromatic amines is 1. The van der Waals surface area contributed by atoms with E-state index in [9.17, 15) is 23.1 Å². The lowest BCUT2D eigenvalue weighted by atomic mass is 10.0. The second-order valence-electron chi connectivity index (χ2n) is 7.46. The number of carboxylic acids is 1. The number of H-pyrrole nitrogens is 1. The molecule has 0 unspecified atom stereocenters. The summed E-state index contributed by atoms with van der Waals surface area (Å²) < 4.78 is 38.2. The molecule has 30 heavy (non-hydrogen) atoms. The van der Waals surface area contributed by atoms with Gasteiger partial charge in [0.25, 0.3) is 0 Å². The summed E-state index contributed by atoms with van der Waals surface area (Å²) in [6, 6.07) is 7.44. The van der Waals surface area contributed by atoms with E-state index in [4.69, 9.17) is 0 Å². The summed E-state index contributed by atoms with van der Waals surface area (Å²) in [5.41, 5.74) is 1.85. The van der Waals surface area contributed by atoms with Gasteiger partial charge in [0.1, 0.15) is 11.9 Å². The molecule has 0 bridgehead atoms. The van der Waals surface area contributed by atoms with Gasteiger partial charge in [-0.2, -0.15) is 13.2 Å². The van der Waals surface area contributed by atoms with Gasteiger partial charge >= 0.3 is 12.1 Å². The van der Waals surface area contributed by atoms with Crippen LogP contribution in [0.2, 0.25) is 0 Å². The zero-order valence-electron chi connectivity index (χ0n) is 16.3. The molecule has 2 N–H and O–H groups in total. The average Bonchev–Trinajstić information content (AvgIpc) is 3.11. The highest BCUT2D eigenvalue weighted by Crippen LogP contribution is 2.32. The zero-order chi connectivity index (χ0) is 21.5. The average molecular weight is 418 g/mol. The fourth-order valence-electron chi connectivity index (χ4n) is 3.92. The Hall–Kier alpha value is -3.07. The third kappa shape index (κ3) is 3.85. The molecule has 0 aliphatic carbocycles. The van der Waals surface area contributed by atoms with E-state index in [-0.39, 0.29) is 0 Å². The van der Waals surface area contributed by atoms with Gasteiger partial charge in [0.05, 0.1) is 5.56 Å². The van der Waals surface area contributed by atoms with Crippen LogP contribution in [0.25, 0.3) is 10.9 Å². The number of carbonyl (C=O) groups is 1. The summed E-state index contributed by atoms with van der Waals surface area (Å²) in [6.07, 6.45) is -1.85. The van der Waals surface area contributed by atoms with E-state index in [0.29, 0.717) is 37.6 Å². The fraction of sp³-hybridized carbons (Fsp3) is 0.333. The normalized spacial score (nSPS) is 16.7. The van der Waals surface area contributed by atoms with Crippen LogP contribution in [0.3, 0.4) is 0 Å². The van der Waals surface area contributed by atoms with Gasteiger partial charge in [0.2, 0.25) is 0 Å². The van der Waals surface area contributed by atoms with Gasteiger partial charge < -0.3 is 15.0 Å². The number of nitrogens with one attached hydrogen (secondary N) is 1. The Bertz CT molecular complexity index is 1050. The summed E-state index contributed by atoms with van der Waals surface area (Å²) in [6.45, 7) is 3.82. The van der Waals surface area contributed by atoms with E-state index in [2.05, 4.69) is 9.97 Å². The van der Waals surface area contributed by atoms with Crippen LogP contribution in [0.4, 0.5) is 19.0 Å². The predicted molar refractivity (Wildman–Crippen MR) is 106 cm³/mol. The van der Waals surface area contributed by atoms with Crippen LogP contribution in [-0.2, 0) is 11.0 Å². The third-order valence-corrected chi connectivity index (χ3v) is 5.48. The Balaban J connectivity index is 1.51. The maximum Gasteiger partial charge on any atom is 0.417 e. The van der Waals surface area contributed by atoms with E-state index in [1.54, 1.807) is 6.20 Å². The number of alkyl halides is 3. The molecule has 1 aliphatic rings. The number of rotatable bonds is 4. The summed E-state index contributed by atoms with van der Waals surface area (Å²) in [7, 11) is 0. The first-order chi connectivity index (χ1) is 14.2. The van der Waals surface area contributed by atoms with Gasteiger partial charge in [-0.15, -0.1) is 0 Å². The van der Waals surface area contributed by atoms with Crippen LogP contribution >= 0.6 is 0 Å². The molecule has 6 nitrogen and oxygen atoms in total. The van der Waals surface area contributed by atoms with E-state index in [0.717, 1.165) is 28.7 Å². The van der Waals surface area contributed by atoms with Crippen molar-refractivity contribution in [2.45, 2.75) is 19.1 Å². The number of aryl methyl sites for hydroxylation is 1. The number of carboxylic acid groups (broad SMARTS) is 1. The maximum atomic E-state index is 12.7. The van der Waals surface area contributed by atoms with E-state index >= 15 is 0 Å². The minimum absolute atomic E-state index is 0.456. The number of fused-ring (bicyclic) bond motifs is 1. The first-order valence-corrected chi connectivity index (χ1v) is 9.57. The van der Waals surface area contributed by atoms with Crippen molar-refractivity contribution in [1.82, 2.24) is 14.9 Å². The minimum Gasteiger partial charge on any atom is -0.480 e. The second kappa shape index (κ2) is 7.64. The SMILES string of the molecule is Cc1ccc2[nH]cc([C@H](C(=O)O)N3CCN(c4ccc(C(F)(F)F)cn4)CC3)c2c1. The number of benzene rings is 1. The van der Waals surface area contributed by atoms with Gasteiger partial charge in [-0.1, -0.05) is 11.6 Å². The number of aromatic nitrogens is 2.